The van der Waals surface area contributed by atoms with Crippen LogP contribution in [0.2, 0.25) is 0 Å². The van der Waals surface area contributed by atoms with Gasteiger partial charge in [0.05, 0.1) is 18.6 Å². The summed E-state index contributed by atoms with van der Waals surface area (Å²) in [6.45, 7) is 0.451. The third kappa shape index (κ3) is 5.01. The van der Waals surface area contributed by atoms with Crippen LogP contribution in [-0.2, 0) is 11.3 Å². The van der Waals surface area contributed by atoms with Crippen LogP contribution in [0.25, 0.3) is 11.3 Å². The summed E-state index contributed by atoms with van der Waals surface area (Å²) in [6, 6.07) is 16.5. The van der Waals surface area contributed by atoms with Gasteiger partial charge in [0.25, 0.3) is 5.56 Å². The van der Waals surface area contributed by atoms with Crippen LogP contribution in [0.5, 0.6) is 5.75 Å². The number of hydrogen-bond donors (Lipinski definition) is 1. The Labute approximate surface area is 155 Å². The highest BCUT2D eigenvalue weighted by Gasteiger charge is 2.09. The highest BCUT2D eigenvalue weighted by molar-refractivity contribution is 5.75. The Balaban J connectivity index is 1.54. The lowest BCUT2D eigenvalue weighted by Crippen LogP contribution is -2.34. The number of ether oxygens (including phenoxy) is 1. The third-order valence-electron chi connectivity index (χ3n) is 3.78. The second kappa shape index (κ2) is 8.75. The van der Waals surface area contributed by atoms with Crippen molar-refractivity contribution in [1.29, 1.82) is 0 Å². The quantitative estimate of drug-likeness (QED) is 0.650. The van der Waals surface area contributed by atoms with E-state index in [9.17, 15) is 14.0 Å². The van der Waals surface area contributed by atoms with Crippen LogP contribution in [0.1, 0.15) is 0 Å². The standard InChI is InChI=1S/C20H18FN3O3/c21-17-9-5-4-8-16(17)18-12-20(26)24(14-23-18)13-19(25)22-10-11-27-15-6-2-1-3-7-15/h1-9,12,14H,10-11,13H2,(H,22,25). The second-order valence-electron chi connectivity index (χ2n) is 5.73. The fourth-order valence-electron chi connectivity index (χ4n) is 2.45. The number of nitrogens with zero attached hydrogens (tertiary/aromatic N) is 2. The Morgan fingerprint density at radius 3 is 2.59 bits per heavy atom. The first kappa shape index (κ1) is 18.3. The summed E-state index contributed by atoms with van der Waals surface area (Å²) >= 11 is 0. The molecular weight excluding hydrogens is 349 g/mol. The molecule has 0 aliphatic heterocycles. The van der Waals surface area contributed by atoms with Crippen molar-refractivity contribution in [2.75, 3.05) is 13.2 Å². The van der Waals surface area contributed by atoms with Gasteiger partial charge in [0.2, 0.25) is 5.91 Å². The molecule has 0 fully saturated rings. The minimum atomic E-state index is -0.460. The SMILES string of the molecule is O=C(Cn1cnc(-c2ccccc2F)cc1=O)NCCOc1ccccc1. The fourth-order valence-corrected chi connectivity index (χ4v) is 2.45. The van der Waals surface area contributed by atoms with Gasteiger partial charge in [0.15, 0.2) is 0 Å². The average Bonchev–Trinajstić information content (AvgIpc) is 2.68. The minimum Gasteiger partial charge on any atom is -0.492 e. The van der Waals surface area contributed by atoms with Crippen molar-refractivity contribution in [3.05, 3.63) is 83.2 Å². The van der Waals surface area contributed by atoms with Gasteiger partial charge in [-0.3, -0.25) is 14.2 Å². The molecule has 1 N–H and O–H groups in total. The van der Waals surface area contributed by atoms with Crippen molar-refractivity contribution < 1.29 is 13.9 Å². The molecule has 1 heterocycles. The zero-order chi connectivity index (χ0) is 19.1. The van der Waals surface area contributed by atoms with Crippen LogP contribution in [0.3, 0.4) is 0 Å². The lowest BCUT2D eigenvalue weighted by Gasteiger charge is -2.09. The molecule has 3 aromatic rings. The molecule has 0 atom stereocenters. The van der Waals surface area contributed by atoms with E-state index in [1.165, 1.54) is 18.5 Å². The lowest BCUT2D eigenvalue weighted by molar-refractivity contribution is -0.121. The third-order valence-corrected chi connectivity index (χ3v) is 3.78. The number of rotatable bonds is 7. The smallest absolute Gasteiger partial charge is 0.254 e. The first-order valence-corrected chi connectivity index (χ1v) is 8.39. The van der Waals surface area contributed by atoms with Gasteiger partial charge in [-0.15, -0.1) is 0 Å². The average molecular weight is 367 g/mol. The second-order valence-corrected chi connectivity index (χ2v) is 5.73. The molecule has 6 nitrogen and oxygen atoms in total. The van der Waals surface area contributed by atoms with E-state index in [2.05, 4.69) is 10.3 Å². The summed E-state index contributed by atoms with van der Waals surface area (Å²) in [7, 11) is 0. The highest BCUT2D eigenvalue weighted by Crippen LogP contribution is 2.18. The van der Waals surface area contributed by atoms with Gasteiger partial charge in [-0.1, -0.05) is 30.3 Å². The first-order valence-electron chi connectivity index (χ1n) is 8.39. The van der Waals surface area contributed by atoms with Crippen LogP contribution in [0.15, 0.2) is 71.8 Å². The number of aromatic nitrogens is 2. The molecular formula is C20H18FN3O3. The summed E-state index contributed by atoms with van der Waals surface area (Å²) in [5.74, 6) is -0.0802. The van der Waals surface area contributed by atoms with E-state index < -0.39 is 11.4 Å². The Kier molecular flexibility index (Phi) is 5.94. The molecule has 2 aromatic carbocycles. The Hall–Kier alpha value is -3.48. The molecule has 7 heteroatoms. The molecule has 27 heavy (non-hydrogen) atoms. The van der Waals surface area contributed by atoms with Crippen LogP contribution in [-0.4, -0.2) is 28.6 Å². The van der Waals surface area contributed by atoms with Crippen molar-refractivity contribution in [1.82, 2.24) is 14.9 Å². The Morgan fingerprint density at radius 2 is 1.85 bits per heavy atom. The van der Waals surface area contributed by atoms with Crippen LogP contribution in [0.4, 0.5) is 4.39 Å². The highest BCUT2D eigenvalue weighted by atomic mass is 19.1. The molecule has 138 valence electrons. The normalized spacial score (nSPS) is 10.4. The van der Waals surface area contributed by atoms with Gasteiger partial charge >= 0.3 is 0 Å². The van der Waals surface area contributed by atoms with Crippen molar-refractivity contribution in [3.8, 4) is 17.0 Å². The maximum atomic E-state index is 13.8. The van der Waals surface area contributed by atoms with E-state index in [0.717, 1.165) is 10.3 Å². The topological polar surface area (TPSA) is 73.2 Å². The predicted octanol–water partition coefficient (Wildman–Crippen LogP) is 2.24. The summed E-state index contributed by atoms with van der Waals surface area (Å²) < 4.78 is 20.4. The lowest BCUT2D eigenvalue weighted by atomic mass is 10.1. The number of benzene rings is 2. The molecule has 0 aliphatic carbocycles. The Bertz CT molecular complexity index is 973. The molecule has 0 saturated carbocycles. The zero-order valence-electron chi connectivity index (χ0n) is 14.5. The van der Waals surface area contributed by atoms with Gasteiger partial charge in [-0.05, 0) is 24.3 Å². The molecule has 0 unspecified atom stereocenters. The molecule has 0 radical (unpaired) electrons. The van der Waals surface area contributed by atoms with Gasteiger partial charge in [0.1, 0.15) is 24.7 Å². The largest absolute Gasteiger partial charge is 0.492 e. The predicted molar refractivity (Wildman–Crippen MR) is 98.8 cm³/mol. The van der Waals surface area contributed by atoms with Crippen LogP contribution < -0.4 is 15.6 Å². The fraction of sp³-hybridized carbons (Fsp3) is 0.150. The summed E-state index contributed by atoms with van der Waals surface area (Å²) in [4.78, 5) is 28.2. The summed E-state index contributed by atoms with van der Waals surface area (Å²) in [5, 5.41) is 2.67. The van der Waals surface area contributed by atoms with E-state index >= 15 is 0 Å². The van der Waals surface area contributed by atoms with Crippen molar-refractivity contribution in [2.45, 2.75) is 6.54 Å². The molecule has 1 aromatic heterocycles. The molecule has 0 aliphatic rings. The maximum Gasteiger partial charge on any atom is 0.254 e. The van der Waals surface area contributed by atoms with Crippen molar-refractivity contribution >= 4 is 5.91 Å². The number of amides is 1. The molecule has 0 bridgehead atoms. The number of halogens is 1. The van der Waals surface area contributed by atoms with E-state index in [1.807, 2.05) is 30.3 Å². The van der Waals surface area contributed by atoms with Crippen LogP contribution in [0, 0.1) is 5.82 Å². The number of carbonyl (C=O) groups is 1. The number of hydrogen-bond acceptors (Lipinski definition) is 4. The van der Waals surface area contributed by atoms with Gasteiger partial charge < -0.3 is 10.1 Å². The number of para-hydroxylation sites is 1. The molecule has 0 spiro atoms. The van der Waals surface area contributed by atoms with E-state index in [-0.39, 0.29) is 23.7 Å². The van der Waals surface area contributed by atoms with E-state index in [1.54, 1.807) is 18.2 Å². The molecule has 1 amide bonds. The van der Waals surface area contributed by atoms with Crippen molar-refractivity contribution in [3.63, 3.8) is 0 Å². The van der Waals surface area contributed by atoms with Crippen LogP contribution >= 0.6 is 0 Å². The number of nitrogens with one attached hydrogen (secondary N) is 1. The van der Waals surface area contributed by atoms with Crippen molar-refractivity contribution in [2.24, 2.45) is 0 Å². The van der Waals surface area contributed by atoms with Gasteiger partial charge in [-0.25, -0.2) is 9.37 Å². The first-order chi connectivity index (χ1) is 13.1. The minimum absolute atomic E-state index is 0.172. The van der Waals surface area contributed by atoms with E-state index in [0.29, 0.717) is 13.2 Å². The monoisotopic (exact) mass is 367 g/mol. The van der Waals surface area contributed by atoms with Gasteiger partial charge in [0, 0.05) is 11.6 Å². The Morgan fingerprint density at radius 1 is 1.11 bits per heavy atom. The summed E-state index contributed by atoms with van der Waals surface area (Å²) in [5.41, 5.74) is 0.0363. The maximum absolute atomic E-state index is 13.8. The molecule has 3 rings (SSSR count). The zero-order valence-corrected chi connectivity index (χ0v) is 14.5. The number of carbonyl (C=O) groups excluding carboxylic acids is 1. The molecule has 0 saturated heterocycles. The van der Waals surface area contributed by atoms with Gasteiger partial charge in [-0.2, -0.15) is 0 Å². The van der Waals surface area contributed by atoms with E-state index in [4.69, 9.17) is 4.74 Å². The summed E-state index contributed by atoms with van der Waals surface area (Å²) in [6.07, 6.45) is 1.24.